The van der Waals surface area contributed by atoms with Gasteiger partial charge in [-0.1, -0.05) is 19.1 Å². The van der Waals surface area contributed by atoms with Gasteiger partial charge in [0.1, 0.15) is 11.9 Å². The molecule has 2 bridgehead atoms. The Bertz CT molecular complexity index is 1090. The van der Waals surface area contributed by atoms with Crippen LogP contribution in [0.15, 0.2) is 36.5 Å². The number of rotatable bonds is 6. The van der Waals surface area contributed by atoms with Crippen LogP contribution in [0.5, 0.6) is 5.75 Å². The van der Waals surface area contributed by atoms with Gasteiger partial charge < -0.3 is 14.5 Å². The van der Waals surface area contributed by atoms with Crippen LogP contribution in [-0.4, -0.2) is 54.6 Å². The largest absolute Gasteiger partial charge is 0.493 e. The maximum atomic E-state index is 14.2. The Morgan fingerprint density at radius 2 is 2.15 bits per heavy atom. The molecule has 0 spiro atoms. The van der Waals surface area contributed by atoms with Gasteiger partial charge in [0.15, 0.2) is 11.6 Å². The molecule has 5 rings (SSSR count). The zero-order valence-corrected chi connectivity index (χ0v) is 18.9. The van der Waals surface area contributed by atoms with E-state index in [1.54, 1.807) is 18.3 Å². The number of benzene rings is 1. The first-order chi connectivity index (χ1) is 16.0. The summed E-state index contributed by atoms with van der Waals surface area (Å²) in [5, 5.41) is 12.4. The minimum absolute atomic E-state index is 0.0631. The summed E-state index contributed by atoms with van der Waals surface area (Å²) in [6, 6.07) is 11.2. The number of aromatic nitrogens is 1. The average Bonchev–Trinajstić information content (AvgIpc) is 3.59. The molecule has 172 valence electrons. The Kier molecular flexibility index (Phi) is 5.45. The third kappa shape index (κ3) is 3.80. The SMILES string of the molecule is COc1c(F)cccc1C1(NCC(=O)N2CC3C[C@H](C)C(C2)N3c2ccc(C#N)cn2)CC1. The number of carbonyl (C=O) groups is 1. The number of nitrogens with one attached hydrogen (secondary N) is 1. The third-order valence-corrected chi connectivity index (χ3v) is 7.40. The Hall–Kier alpha value is -3.18. The number of halogens is 1. The highest BCUT2D eigenvalue weighted by atomic mass is 19.1. The van der Waals surface area contributed by atoms with Crippen molar-refractivity contribution in [3.63, 3.8) is 0 Å². The monoisotopic (exact) mass is 449 g/mol. The lowest BCUT2D eigenvalue weighted by Gasteiger charge is -2.42. The van der Waals surface area contributed by atoms with E-state index in [1.165, 1.54) is 13.2 Å². The highest BCUT2D eigenvalue weighted by Gasteiger charge is 2.48. The highest BCUT2D eigenvalue weighted by Crippen LogP contribution is 2.49. The number of fused-ring (bicyclic) bond motifs is 2. The number of likely N-dealkylation sites (tertiary alicyclic amines) is 1. The maximum Gasteiger partial charge on any atom is 0.236 e. The summed E-state index contributed by atoms with van der Waals surface area (Å²) in [5.74, 6) is 1.25. The fourth-order valence-corrected chi connectivity index (χ4v) is 5.51. The number of nitriles is 1. The fourth-order valence-electron chi connectivity index (χ4n) is 5.51. The molecule has 2 aliphatic heterocycles. The number of anilines is 1. The van der Waals surface area contributed by atoms with Crippen molar-refractivity contribution in [1.29, 1.82) is 5.26 Å². The molecule has 3 atom stereocenters. The van der Waals surface area contributed by atoms with Gasteiger partial charge in [-0.2, -0.15) is 5.26 Å². The maximum absolute atomic E-state index is 14.2. The van der Waals surface area contributed by atoms with Crippen LogP contribution in [0.25, 0.3) is 0 Å². The second-order valence-electron chi connectivity index (χ2n) is 9.41. The number of methoxy groups -OCH3 is 1. The number of carbonyl (C=O) groups excluding carboxylic acids is 1. The first-order valence-electron chi connectivity index (χ1n) is 11.5. The number of hydrogen-bond acceptors (Lipinski definition) is 6. The zero-order valence-electron chi connectivity index (χ0n) is 18.9. The molecule has 1 amide bonds. The van der Waals surface area contributed by atoms with E-state index in [4.69, 9.17) is 10.00 Å². The number of hydrogen-bond donors (Lipinski definition) is 1. The van der Waals surface area contributed by atoms with E-state index in [-0.39, 0.29) is 36.1 Å². The number of piperazine rings is 1. The van der Waals surface area contributed by atoms with Crippen LogP contribution >= 0.6 is 0 Å². The summed E-state index contributed by atoms with van der Waals surface area (Å²) in [5.41, 5.74) is 0.926. The number of para-hydroxylation sites is 1. The standard InChI is InChI=1S/C25H28FN5O2/c1-16-10-18-14-30(15-21(16)31(18)22-7-6-17(11-27)12-28-22)23(32)13-29-25(8-9-25)19-4-3-5-20(26)24(19)33-2/h3-7,12,16,18,21,29H,8-10,13-15H2,1-2H3/t16-,18?,21?/m0/s1. The second kappa shape index (κ2) is 8.31. The number of amides is 1. The summed E-state index contributed by atoms with van der Waals surface area (Å²) in [6.45, 7) is 3.74. The summed E-state index contributed by atoms with van der Waals surface area (Å²) in [6.07, 6.45) is 4.31. The normalized spacial score (nSPS) is 25.0. The molecule has 1 aromatic carbocycles. The number of ether oxygens (including phenoxy) is 1. The molecule has 2 unspecified atom stereocenters. The van der Waals surface area contributed by atoms with E-state index in [1.807, 2.05) is 17.0 Å². The van der Waals surface area contributed by atoms with E-state index >= 15 is 0 Å². The third-order valence-electron chi connectivity index (χ3n) is 7.40. The van der Waals surface area contributed by atoms with Gasteiger partial charge in [0.05, 0.1) is 25.3 Å². The van der Waals surface area contributed by atoms with E-state index in [0.717, 1.165) is 30.6 Å². The van der Waals surface area contributed by atoms with Gasteiger partial charge in [0.2, 0.25) is 5.91 Å². The Balaban J connectivity index is 1.26. The Morgan fingerprint density at radius 3 is 2.79 bits per heavy atom. The molecular formula is C25H28FN5O2. The van der Waals surface area contributed by atoms with Gasteiger partial charge >= 0.3 is 0 Å². The van der Waals surface area contributed by atoms with Crippen LogP contribution in [0, 0.1) is 23.1 Å². The van der Waals surface area contributed by atoms with Crippen molar-refractivity contribution in [2.24, 2.45) is 5.92 Å². The van der Waals surface area contributed by atoms with Crippen molar-refractivity contribution >= 4 is 11.7 Å². The van der Waals surface area contributed by atoms with Gasteiger partial charge in [-0.3, -0.25) is 10.1 Å². The van der Waals surface area contributed by atoms with E-state index in [0.29, 0.717) is 24.6 Å². The molecule has 1 aromatic heterocycles. The molecule has 33 heavy (non-hydrogen) atoms. The zero-order chi connectivity index (χ0) is 23.2. The average molecular weight is 450 g/mol. The molecule has 3 heterocycles. The summed E-state index contributed by atoms with van der Waals surface area (Å²) in [4.78, 5) is 21.9. The van der Waals surface area contributed by atoms with Crippen LogP contribution in [0.3, 0.4) is 0 Å². The predicted octanol–water partition coefficient (Wildman–Crippen LogP) is 2.81. The van der Waals surface area contributed by atoms with E-state index in [9.17, 15) is 9.18 Å². The van der Waals surface area contributed by atoms with E-state index in [2.05, 4.69) is 28.2 Å². The van der Waals surface area contributed by atoms with Crippen LogP contribution in [0.1, 0.15) is 37.3 Å². The van der Waals surface area contributed by atoms with Crippen molar-refractivity contribution < 1.29 is 13.9 Å². The minimum Gasteiger partial charge on any atom is -0.493 e. The lowest BCUT2D eigenvalue weighted by atomic mass is 10.0. The summed E-state index contributed by atoms with van der Waals surface area (Å²) >= 11 is 0. The van der Waals surface area contributed by atoms with Gasteiger partial charge in [-0.25, -0.2) is 9.37 Å². The predicted molar refractivity (Wildman–Crippen MR) is 121 cm³/mol. The van der Waals surface area contributed by atoms with Crippen molar-refractivity contribution in [3.8, 4) is 11.8 Å². The summed E-state index contributed by atoms with van der Waals surface area (Å²) < 4.78 is 19.5. The van der Waals surface area contributed by atoms with Crippen LogP contribution in [0.2, 0.25) is 0 Å². The quantitative estimate of drug-likeness (QED) is 0.731. The van der Waals surface area contributed by atoms with Crippen molar-refractivity contribution in [2.75, 3.05) is 31.6 Å². The second-order valence-corrected chi connectivity index (χ2v) is 9.41. The van der Waals surface area contributed by atoms with Crippen molar-refractivity contribution in [3.05, 3.63) is 53.5 Å². The fraction of sp³-hybridized carbons (Fsp3) is 0.480. The molecule has 8 heteroatoms. The molecule has 3 aliphatic rings. The van der Waals surface area contributed by atoms with Crippen molar-refractivity contribution in [1.82, 2.24) is 15.2 Å². The molecular weight excluding hydrogens is 421 g/mol. The molecule has 1 aliphatic carbocycles. The minimum atomic E-state index is -0.399. The van der Waals surface area contributed by atoms with Crippen molar-refractivity contribution in [2.45, 2.75) is 43.8 Å². The first kappa shape index (κ1) is 21.7. The van der Waals surface area contributed by atoms with E-state index < -0.39 is 5.54 Å². The van der Waals surface area contributed by atoms with Crippen LogP contribution in [0.4, 0.5) is 10.2 Å². The molecule has 1 N–H and O–H groups in total. The first-order valence-corrected chi connectivity index (χ1v) is 11.5. The molecule has 2 saturated heterocycles. The van der Waals surface area contributed by atoms with Gasteiger partial charge in [-0.05, 0) is 43.4 Å². The molecule has 3 fully saturated rings. The lowest BCUT2D eigenvalue weighted by Crippen LogP contribution is -2.58. The number of pyridine rings is 1. The van der Waals surface area contributed by atoms with Crippen LogP contribution < -0.4 is 15.0 Å². The summed E-state index contributed by atoms with van der Waals surface area (Å²) in [7, 11) is 1.47. The Morgan fingerprint density at radius 1 is 1.33 bits per heavy atom. The smallest absolute Gasteiger partial charge is 0.236 e. The molecule has 1 saturated carbocycles. The Labute approximate surface area is 193 Å². The molecule has 0 radical (unpaired) electrons. The van der Waals surface area contributed by atoms with Gasteiger partial charge in [-0.15, -0.1) is 0 Å². The number of nitrogens with zero attached hydrogens (tertiary/aromatic N) is 4. The molecule has 2 aromatic rings. The molecule has 7 nitrogen and oxygen atoms in total. The van der Waals surface area contributed by atoms with Gasteiger partial charge in [0.25, 0.3) is 0 Å². The highest BCUT2D eigenvalue weighted by molar-refractivity contribution is 5.79. The lowest BCUT2D eigenvalue weighted by molar-refractivity contribution is -0.131. The van der Waals surface area contributed by atoms with Gasteiger partial charge in [0, 0.05) is 36.4 Å². The van der Waals surface area contributed by atoms with Crippen LogP contribution in [-0.2, 0) is 10.3 Å². The topological polar surface area (TPSA) is 81.5 Å².